The zero-order chi connectivity index (χ0) is 13.9. The summed E-state index contributed by atoms with van der Waals surface area (Å²) in [6, 6.07) is 0. The van der Waals surface area contributed by atoms with Crippen molar-refractivity contribution in [3.63, 3.8) is 0 Å². The van der Waals surface area contributed by atoms with Gasteiger partial charge >= 0.3 is 6.18 Å². The molecule has 1 aromatic rings. The van der Waals surface area contributed by atoms with E-state index in [4.69, 9.17) is 9.52 Å². The average Bonchev–Trinajstić information content (AvgIpc) is 2.54. The second-order valence-electron chi connectivity index (χ2n) is 3.71. The molecule has 1 heterocycles. The van der Waals surface area contributed by atoms with Crippen LogP contribution in [0.15, 0.2) is 4.42 Å². The lowest BCUT2D eigenvalue weighted by Crippen LogP contribution is -2.40. The van der Waals surface area contributed by atoms with Crippen LogP contribution in [0, 0.1) is 13.8 Å². The molecule has 0 radical (unpaired) electrons. The van der Waals surface area contributed by atoms with Crippen LogP contribution in [0.3, 0.4) is 0 Å². The number of hydrogen-bond donors (Lipinski definition) is 1. The molecule has 0 saturated heterocycles. The normalized spacial score (nSPS) is 11.7. The molecule has 1 aromatic heterocycles. The van der Waals surface area contributed by atoms with E-state index < -0.39 is 31.8 Å². The van der Waals surface area contributed by atoms with Gasteiger partial charge in [-0.3, -0.25) is 4.79 Å². The fraction of sp³-hybridized carbons (Fsp3) is 0.600. The highest BCUT2D eigenvalue weighted by Gasteiger charge is 2.34. The third-order valence-electron chi connectivity index (χ3n) is 2.13. The predicted octanol–water partition coefficient (Wildman–Crippen LogP) is 1.29. The maximum absolute atomic E-state index is 12.3. The lowest BCUT2D eigenvalue weighted by Gasteiger charge is -2.22. The van der Waals surface area contributed by atoms with Gasteiger partial charge in [-0.2, -0.15) is 13.2 Å². The molecule has 0 spiro atoms. The Bertz CT molecular complexity index is 428. The minimum atomic E-state index is -4.53. The Hall–Kier alpha value is -1.57. The van der Waals surface area contributed by atoms with Gasteiger partial charge in [0.1, 0.15) is 6.54 Å². The smallest absolute Gasteiger partial charge is 0.406 e. The number of alkyl halides is 3. The van der Waals surface area contributed by atoms with Gasteiger partial charge in [0.2, 0.25) is 5.76 Å². The van der Waals surface area contributed by atoms with Crippen molar-refractivity contribution in [2.24, 2.45) is 0 Å². The minimum absolute atomic E-state index is 0.201. The first-order chi connectivity index (χ1) is 8.24. The number of aromatic nitrogens is 1. The SMILES string of the molecule is Cc1nc(C)c(C(=O)N(CCO)CC(F)(F)F)o1. The first-order valence-corrected chi connectivity index (χ1v) is 5.15. The van der Waals surface area contributed by atoms with Gasteiger partial charge in [0.25, 0.3) is 5.91 Å². The first kappa shape index (κ1) is 14.5. The van der Waals surface area contributed by atoms with Gasteiger partial charge in [-0.25, -0.2) is 4.98 Å². The largest absolute Gasteiger partial charge is 0.436 e. The molecule has 0 aliphatic rings. The standard InChI is InChI=1S/C10H13F3N2O3/c1-6-8(18-7(2)14-6)9(17)15(3-4-16)5-10(11,12)13/h16H,3-5H2,1-2H3. The van der Waals surface area contributed by atoms with Crippen LogP contribution in [0.1, 0.15) is 22.1 Å². The number of halogens is 3. The highest BCUT2D eigenvalue weighted by atomic mass is 19.4. The fourth-order valence-electron chi connectivity index (χ4n) is 1.46. The molecule has 0 unspecified atom stereocenters. The van der Waals surface area contributed by atoms with Gasteiger partial charge in [0, 0.05) is 13.5 Å². The first-order valence-electron chi connectivity index (χ1n) is 5.15. The van der Waals surface area contributed by atoms with Crippen molar-refractivity contribution in [1.82, 2.24) is 9.88 Å². The van der Waals surface area contributed by atoms with Crippen molar-refractivity contribution in [2.75, 3.05) is 19.7 Å². The maximum Gasteiger partial charge on any atom is 0.406 e. The summed E-state index contributed by atoms with van der Waals surface area (Å²) in [5.74, 6) is -0.962. The molecular weight excluding hydrogens is 253 g/mol. The second kappa shape index (κ2) is 5.38. The van der Waals surface area contributed by atoms with E-state index in [0.717, 1.165) is 0 Å². The van der Waals surface area contributed by atoms with Crippen LogP contribution in [0.25, 0.3) is 0 Å². The summed E-state index contributed by atoms with van der Waals surface area (Å²) in [5.41, 5.74) is 0.225. The zero-order valence-electron chi connectivity index (χ0n) is 9.91. The number of carbonyl (C=O) groups excluding carboxylic acids is 1. The Kier molecular flexibility index (Phi) is 4.33. The summed E-state index contributed by atoms with van der Waals surface area (Å²) in [6.45, 7) is 0.537. The molecule has 102 valence electrons. The number of amides is 1. The number of aliphatic hydroxyl groups excluding tert-OH is 1. The Balaban J connectivity index is 2.92. The molecule has 0 aliphatic carbocycles. The van der Waals surface area contributed by atoms with Crippen LogP contribution in [0.5, 0.6) is 0 Å². The van der Waals surface area contributed by atoms with Crippen molar-refractivity contribution in [1.29, 1.82) is 0 Å². The van der Waals surface area contributed by atoms with E-state index in [1.165, 1.54) is 13.8 Å². The van der Waals surface area contributed by atoms with Crippen LogP contribution < -0.4 is 0 Å². The summed E-state index contributed by atoms with van der Waals surface area (Å²) in [6.07, 6.45) is -4.53. The summed E-state index contributed by atoms with van der Waals surface area (Å²) in [5, 5.41) is 8.70. The van der Waals surface area contributed by atoms with Crippen molar-refractivity contribution in [3.8, 4) is 0 Å². The van der Waals surface area contributed by atoms with Crippen LogP contribution >= 0.6 is 0 Å². The predicted molar refractivity (Wildman–Crippen MR) is 55.0 cm³/mol. The monoisotopic (exact) mass is 266 g/mol. The molecule has 0 atom stereocenters. The van der Waals surface area contributed by atoms with Gasteiger partial charge in [0.05, 0.1) is 12.3 Å². The molecule has 0 fully saturated rings. The zero-order valence-corrected chi connectivity index (χ0v) is 9.91. The van der Waals surface area contributed by atoms with Gasteiger partial charge in [-0.05, 0) is 6.92 Å². The fourth-order valence-corrected chi connectivity index (χ4v) is 1.46. The molecule has 0 bridgehead atoms. The highest BCUT2D eigenvalue weighted by Crippen LogP contribution is 2.19. The Labute approximate surface area is 101 Å². The lowest BCUT2D eigenvalue weighted by atomic mass is 10.3. The topological polar surface area (TPSA) is 66.6 Å². The number of oxazole rings is 1. The van der Waals surface area contributed by atoms with Gasteiger partial charge in [0.15, 0.2) is 5.89 Å². The number of carbonyl (C=O) groups is 1. The molecule has 5 nitrogen and oxygen atoms in total. The Morgan fingerprint density at radius 1 is 1.44 bits per heavy atom. The van der Waals surface area contributed by atoms with Crippen molar-refractivity contribution in [2.45, 2.75) is 20.0 Å². The summed E-state index contributed by atoms with van der Waals surface area (Å²) in [7, 11) is 0. The number of rotatable bonds is 4. The molecule has 0 saturated carbocycles. The van der Waals surface area contributed by atoms with E-state index >= 15 is 0 Å². The van der Waals surface area contributed by atoms with Crippen LogP contribution in [-0.4, -0.2) is 46.8 Å². The minimum Gasteiger partial charge on any atom is -0.436 e. The quantitative estimate of drug-likeness (QED) is 0.891. The number of hydrogen-bond acceptors (Lipinski definition) is 4. The Morgan fingerprint density at radius 3 is 2.44 bits per heavy atom. The van der Waals surface area contributed by atoms with Gasteiger partial charge in [-0.15, -0.1) is 0 Å². The average molecular weight is 266 g/mol. The van der Waals surface area contributed by atoms with E-state index in [-0.39, 0.29) is 17.3 Å². The van der Waals surface area contributed by atoms with Crippen molar-refractivity contribution < 1.29 is 27.5 Å². The van der Waals surface area contributed by atoms with E-state index in [0.29, 0.717) is 4.90 Å². The van der Waals surface area contributed by atoms with Crippen LogP contribution in [-0.2, 0) is 0 Å². The number of nitrogens with zero attached hydrogens (tertiary/aromatic N) is 2. The van der Waals surface area contributed by atoms with E-state index in [1.807, 2.05) is 0 Å². The third-order valence-corrected chi connectivity index (χ3v) is 2.13. The molecule has 0 aromatic carbocycles. The summed E-state index contributed by atoms with van der Waals surface area (Å²) >= 11 is 0. The number of aryl methyl sites for hydroxylation is 2. The van der Waals surface area contributed by atoms with E-state index in [9.17, 15) is 18.0 Å². The lowest BCUT2D eigenvalue weighted by molar-refractivity contribution is -0.141. The van der Waals surface area contributed by atoms with Gasteiger partial charge < -0.3 is 14.4 Å². The molecular formula is C10H13F3N2O3. The molecule has 8 heteroatoms. The summed E-state index contributed by atoms with van der Waals surface area (Å²) < 4.78 is 41.8. The maximum atomic E-state index is 12.3. The summed E-state index contributed by atoms with van der Waals surface area (Å²) in [4.78, 5) is 16.1. The molecule has 1 amide bonds. The molecule has 1 N–H and O–H groups in total. The molecule has 1 rings (SSSR count). The molecule has 18 heavy (non-hydrogen) atoms. The second-order valence-corrected chi connectivity index (χ2v) is 3.71. The Morgan fingerprint density at radius 2 is 2.06 bits per heavy atom. The van der Waals surface area contributed by atoms with E-state index in [2.05, 4.69) is 4.98 Å². The molecule has 0 aliphatic heterocycles. The highest BCUT2D eigenvalue weighted by molar-refractivity contribution is 5.92. The third kappa shape index (κ3) is 3.73. The number of aliphatic hydroxyl groups is 1. The van der Waals surface area contributed by atoms with Crippen molar-refractivity contribution in [3.05, 3.63) is 17.3 Å². The van der Waals surface area contributed by atoms with Gasteiger partial charge in [-0.1, -0.05) is 0 Å². The van der Waals surface area contributed by atoms with Crippen molar-refractivity contribution >= 4 is 5.91 Å². The van der Waals surface area contributed by atoms with Crippen LogP contribution in [0.2, 0.25) is 0 Å². The van der Waals surface area contributed by atoms with Crippen LogP contribution in [0.4, 0.5) is 13.2 Å². The van der Waals surface area contributed by atoms with E-state index in [1.54, 1.807) is 0 Å².